The first-order valence-electron chi connectivity index (χ1n) is 6.44. The average Bonchev–Trinajstić information content (AvgIpc) is 2.51. The van der Waals surface area contributed by atoms with Gasteiger partial charge in [-0.3, -0.25) is 15.5 Å². The Morgan fingerprint density at radius 2 is 1.90 bits per heavy atom. The van der Waals surface area contributed by atoms with Gasteiger partial charge in [-0.2, -0.15) is 0 Å². The summed E-state index contributed by atoms with van der Waals surface area (Å²) in [6.07, 6.45) is 0. The molecule has 0 saturated carbocycles. The molecule has 0 unspecified atom stereocenters. The number of anilines is 1. The Kier molecular flexibility index (Phi) is 5.16. The van der Waals surface area contributed by atoms with E-state index in [1.165, 1.54) is 0 Å². The minimum Gasteiger partial charge on any atom is -0.398 e. The lowest BCUT2D eigenvalue weighted by Gasteiger charge is -2.21. The van der Waals surface area contributed by atoms with Gasteiger partial charge in [-0.15, -0.1) is 0 Å². The van der Waals surface area contributed by atoms with Crippen LogP contribution in [0.2, 0.25) is 5.02 Å². The van der Waals surface area contributed by atoms with Crippen LogP contribution in [-0.4, -0.2) is 12.5 Å². The summed E-state index contributed by atoms with van der Waals surface area (Å²) in [4.78, 5) is 11.4. The number of hydrazine groups is 1. The topological polar surface area (TPSA) is 93.2 Å². The number of nitrogen functional groups attached to an aromatic ring is 1. The fourth-order valence-electron chi connectivity index (χ4n) is 2.09. The second-order valence-corrected chi connectivity index (χ2v) is 5.00. The molecule has 0 heterocycles. The summed E-state index contributed by atoms with van der Waals surface area (Å²) in [6, 6.07) is 14.7. The average molecular weight is 305 g/mol. The van der Waals surface area contributed by atoms with Crippen molar-refractivity contribution < 1.29 is 4.79 Å². The van der Waals surface area contributed by atoms with Crippen molar-refractivity contribution in [2.75, 3.05) is 12.3 Å². The van der Waals surface area contributed by atoms with Gasteiger partial charge in [-0.25, -0.2) is 5.84 Å². The third-order valence-electron chi connectivity index (χ3n) is 3.12. The molecule has 0 fully saturated rings. The van der Waals surface area contributed by atoms with Gasteiger partial charge in [-0.05, 0) is 29.3 Å². The molecule has 2 aromatic rings. The van der Waals surface area contributed by atoms with Crippen molar-refractivity contribution >= 4 is 23.2 Å². The van der Waals surface area contributed by atoms with Crippen molar-refractivity contribution in [2.24, 2.45) is 5.84 Å². The smallest absolute Gasteiger partial charge is 0.247 e. The highest BCUT2D eigenvalue weighted by atomic mass is 35.5. The van der Waals surface area contributed by atoms with E-state index in [-0.39, 0.29) is 18.5 Å². The number of benzene rings is 2. The quantitative estimate of drug-likeness (QED) is 0.292. The third kappa shape index (κ3) is 3.95. The maximum absolute atomic E-state index is 11.4. The summed E-state index contributed by atoms with van der Waals surface area (Å²) >= 11 is 6.06. The van der Waals surface area contributed by atoms with Crippen molar-refractivity contribution in [2.45, 2.75) is 6.04 Å². The zero-order valence-electron chi connectivity index (χ0n) is 11.3. The first-order chi connectivity index (χ1) is 10.1. The van der Waals surface area contributed by atoms with Gasteiger partial charge in [0.05, 0.1) is 12.6 Å². The van der Waals surface area contributed by atoms with E-state index in [1.807, 2.05) is 30.3 Å². The molecule has 0 aliphatic carbocycles. The molecule has 110 valence electrons. The van der Waals surface area contributed by atoms with Crippen molar-refractivity contribution in [3.05, 3.63) is 64.7 Å². The molecule has 6 heteroatoms. The third-order valence-corrected chi connectivity index (χ3v) is 3.36. The first kappa shape index (κ1) is 15.3. The molecule has 2 rings (SSSR count). The van der Waals surface area contributed by atoms with Gasteiger partial charge in [0.1, 0.15) is 0 Å². The summed E-state index contributed by atoms with van der Waals surface area (Å²) < 4.78 is 0. The van der Waals surface area contributed by atoms with E-state index in [9.17, 15) is 4.79 Å². The van der Waals surface area contributed by atoms with E-state index < -0.39 is 0 Å². The summed E-state index contributed by atoms with van der Waals surface area (Å²) in [7, 11) is 0. The Bertz CT molecular complexity index is 618. The molecule has 0 saturated heterocycles. The van der Waals surface area contributed by atoms with E-state index in [0.29, 0.717) is 10.7 Å². The number of carbonyl (C=O) groups is 1. The number of halogens is 1. The van der Waals surface area contributed by atoms with Crippen LogP contribution in [0.4, 0.5) is 5.69 Å². The molecule has 0 bridgehead atoms. The van der Waals surface area contributed by atoms with Crippen LogP contribution in [0.15, 0.2) is 48.5 Å². The van der Waals surface area contributed by atoms with Crippen LogP contribution in [0, 0.1) is 0 Å². The zero-order chi connectivity index (χ0) is 15.2. The zero-order valence-corrected chi connectivity index (χ0v) is 12.1. The molecular weight excluding hydrogens is 288 g/mol. The van der Waals surface area contributed by atoms with Crippen LogP contribution in [0.3, 0.4) is 0 Å². The summed E-state index contributed by atoms with van der Waals surface area (Å²) in [5.41, 5.74) is 10.5. The van der Waals surface area contributed by atoms with Gasteiger partial charge in [-0.1, -0.05) is 41.9 Å². The van der Waals surface area contributed by atoms with E-state index in [4.69, 9.17) is 23.2 Å². The molecular formula is C15H17ClN4O. The fraction of sp³-hybridized carbons (Fsp3) is 0.133. The Morgan fingerprint density at radius 1 is 1.19 bits per heavy atom. The van der Waals surface area contributed by atoms with E-state index in [2.05, 4.69) is 10.7 Å². The number of nitrogens with one attached hydrogen (secondary N) is 2. The number of hydrogen-bond acceptors (Lipinski definition) is 4. The molecule has 0 aromatic heterocycles. The lowest BCUT2D eigenvalue weighted by atomic mass is 9.97. The van der Waals surface area contributed by atoms with Gasteiger partial charge in [0.2, 0.25) is 5.91 Å². The lowest BCUT2D eigenvalue weighted by molar-refractivity contribution is -0.120. The molecule has 6 N–H and O–H groups in total. The molecule has 2 aromatic carbocycles. The second-order valence-electron chi connectivity index (χ2n) is 4.57. The maximum atomic E-state index is 11.4. The highest BCUT2D eigenvalue weighted by Gasteiger charge is 2.17. The van der Waals surface area contributed by atoms with Crippen LogP contribution < -0.4 is 22.3 Å². The summed E-state index contributed by atoms with van der Waals surface area (Å²) in [5.74, 6) is 4.80. The van der Waals surface area contributed by atoms with Gasteiger partial charge >= 0.3 is 0 Å². The normalized spacial score (nSPS) is 11.9. The Hall–Kier alpha value is -2.08. The van der Waals surface area contributed by atoms with E-state index in [0.717, 1.165) is 11.1 Å². The van der Waals surface area contributed by atoms with Gasteiger partial charge in [0.25, 0.3) is 0 Å². The van der Waals surface area contributed by atoms with Crippen molar-refractivity contribution in [3.8, 4) is 0 Å². The number of rotatable bonds is 5. The van der Waals surface area contributed by atoms with Crippen LogP contribution in [0.25, 0.3) is 0 Å². The predicted molar refractivity (Wildman–Crippen MR) is 84.5 cm³/mol. The fourth-order valence-corrected chi connectivity index (χ4v) is 2.27. The molecule has 5 nitrogen and oxygen atoms in total. The Balaban J connectivity index is 2.35. The van der Waals surface area contributed by atoms with Crippen LogP contribution in [0.5, 0.6) is 0 Å². The molecule has 0 spiro atoms. The first-order valence-corrected chi connectivity index (χ1v) is 6.82. The standard InChI is InChI=1S/C15H17ClN4O/c16-11-6-7-13(17)12(8-11)15(19-9-14(21)20-18)10-4-2-1-3-5-10/h1-8,15,19H,9,17-18H2,(H,20,21)/t15-/m0/s1. The second kappa shape index (κ2) is 7.08. The highest BCUT2D eigenvalue weighted by molar-refractivity contribution is 6.30. The largest absolute Gasteiger partial charge is 0.398 e. The summed E-state index contributed by atoms with van der Waals surface area (Å²) in [6.45, 7) is 0.0714. The minimum atomic E-state index is -0.309. The van der Waals surface area contributed by atoms with E-state index >= 15 is 0 Å². The van der Waals surface area contributed by atoms with Crippen LogP contribution in [-0.2, 0) is 4.79 Å². The van der Waals surface area contributed by atoms with E-state index in [1.54, 1.807) is 18.2 Å². The van der Waals surface area contributed by atoms with Gasteiger partial charge in [0, 0.05) is 10.7 Å². The van der Waals surface area contributed by atoms with Gasteiger partial charge < -0.3 is 5.73 Å². The maximum Gasteiger partial charge on any atom is 0.247 e. The van der Waals surface area contributed by atoms with Crippen molar-refractivity contribution in [1.29, 1.82) is 0 Å². The van der Waals surface area contributed by atoms with Crippen molar-refractivity contribution in [3.63, 3.8) is 0 Å². The van der Waals surface area contributed by atoms with Crippen molar-refractivity contribution in [1.82, 2.24) is 10.7 Å². The Morgan fingerprint density at radius 3 is 2.57 bits per heavy atom. The SMILES string of the molecule is NNC(=O)CN[C@@H](c1ccccc1)c1cc(Cl)ccc1N. The molecule has 21 heavy (non-hydrogen) atoms. The molecule has 1 atom stereocenters. The monoisotopic (exact) mass is 304 g/mol. The van der Waals surface area contributed by atoms with Gasteiger partial charge in [0.15, 0.2) is 0 Å². The lowest BCUT2D eigenvalue weighted by Crippen LogP contribution is -2.39. The number of hydrogen-bond donors (Lipinski definition) is 4. The molecule has 0 aliphatic heterocycles. The predicted octanol–water partition coefficient (Wildman–Crippen LogP) is 1.59. The molecule has 0 aliphatic rings. The molecule has 0 radical (unpaired) electrons. The van der Waals surface area contributed by atoms with Crippen LogP contribution >= 0.6 is 11.6 Å². The molecule has 1 amide bonds. The minimum absolute atomic E-state index is 0.0714. The van der Waals surface area contributed by atoms with Crippen LogP contribution in [0.1, 0.15) is 17.2 Å². The number of amides is 1. The number of carbonyl (C=O) groups excluding carboxylic acids is 1. The number of nitrogens with two attached hydrogens (primary N) is 2. The highest BCUT2D eigenvalue weighted by Crippen LogP contribution is 2.29. The Labute approximate surface area is 128 Å². The summed E-state index contributed by atoms with van der Waals surface area (Å²) in [5, 5.41) is 3.73.